The molecule has 0 saturated heterocycles. The average molecular weight is 346 g/mol. The van der Waals surface area contributed by atoms with Crippen molar-refractivity contribution in [3.8, 4) is 0 Å². The summed E-state index contributed by atoms with van der Waals surface area (Å²) >= 11 is 0. The van der Waals surface area contributed by atoms with E-state index >= 15 is 0 Å². The second-order valence-corrected chi connectivity index (χ2v) is 7.77. The number of imidazole rings is 1. The first-order valence-corrected chi connectivity index (χ1v) is 8.08. The minimum Gasteiger partial charge on any atom is -1.00 e. The fourth-order valence-electron chi connectivity index (χ4n) is 2.16. The average Bonchev–Trinajstić information content (AvgIpc) is 2.98. The summed E-state index contributed by atoms with van der Waals surface area (Å²) in [6.07, 6.45) is 8.23. The minimum absolute atomic E-state index is 0. The number of nitrogens with zero attached hydrogens (tertiary/aromatic N) is 3. The molecule has 3 aromatic rings. The maximum Gasteiger partial charge on any atom is 0.244 e. The zero-order chi connectivity index (χ0) is 17.1. The topological polar surface area (TPSA) is 21.7 Å². The van der Waals surface area contributed by atoms with E-state index in [0.717, 1.165) is 5.52 Å². The predicted octanol–water partition coefficient (Wildman–Crippen LogP) is 1.52. The summed E-state index contributed by atoms with van der Waals surface area (Å²) in [7, 11) is 0. The zero-order valence-electron chi connectivity index (χ0n) is 15.5. The molecular weight excluding hydrogens is 318 g/mol. The van der Waals surface area contributed by atoms with Crippen LogP contribution in [0.25, 0.3) is 10.9 Å². The molecule has 0 N–H and O–H groups in total. The van der Waals surface area contributed by atoms with Crippen LogP contribution < -0.4 is 17.0 Å². The molecule has 0 aliphatic heterocycles. The third-order valence-corrected chi connectivity index (χ3v) is 3.70. The van der Waals surface area contributed by atoms with E-state index in [4.69, 9.17) is 0 Å². The van der Waals surface area contributed by atoms with Crippen LogP contribution in [0.1, 0.15) is 41.5 Å². The van der Waals surface area contributed by atoms with Crippen LogP contribution in [-0.2, 0) is 11.1 Å². The van der Waals surface area contributed by atoms with E-state index in [1.54, 1.807) is 0 Å². The molecule has 24 heavy (non-hydrogen) atoms. The molecule has 130 valence electrons. The van der Waals surface area contributed by atoms with Gasteiger partial charge in [0, 0.05) is 11.6 Å². The molecule has 0 bridgehead atoms. The third-order valence-electron chi connectivity index (χ3n) is 3.70. The SMILES string of the molecule is CC(C)(C)n1cc[n+](C(C)(C)C)c1.[Cl-].c1ccc2ncccc2c1. The van der Waals surface area contributed by atoms with Gasteiger partial charge in [-0.15, -0.1) is 0 Å². The number of hydrogen-bond acceptors (Lipinski definition) is 1. The molecule has 0 atom stereocenters. The monoisotopic (exact) mass is 345 g/mol. The van der Waals surface area contributed by atoms with Crippen LogP contribution in [-0.4, -0.2) is 9.55 Å². The van der Waals surface area contributed by atoms with Crippen LogP contribution in [0.3, 0.4) is 0 Å². The summed E-state index contributed by atoms with van der Waals surface area (Å²) in [4.78, 5) is 4.18. The Morgan fingerprint density at radius 3 is 2.04 bits per heavy atom. The van der Waals surface area contributed by atoms with Gasteiger partial charge in [0.25, 0.3) is 0 Å². The van der Waals surface area contributed by atoms with Crippen LogP contribution in [0.5, 0.6) is 0 Å². The Balaban J connectivity index is 0.000000236. The standard InChI is InChI=1S/C11H21N2.C9H7N.ClH/c1-10(2,3)12-7-8-13(9-12)11(4,5)6;1-2-6-9-8(4-1)5-3-7-10-9;/h7-9H,1-6H3;1-7H;1H/q+1;;/p-1. The van der Waals surface area contributed by atoms with Gasteiger partial charge in [-0.05, 0) is 53.7 Å². The lowest BCUT2D eigenvalue weighted by atomic mass is 10.1. The number of benzene rings is 1. The molecule has 0 radical (unpaired) electrons. The Labute approximate surface area is 151 Å². The lowest BCUT2D eigenvalue weighted by Gasteiger charge is -2.16. The van der Waals surface area contributed by atoms with Gasteiger partial charge in [-0.1, -0.05) is 24.3 Å². The van der Waals surface area contributed by atoms with Gasteiger partial charge >= 0.3 is 0 Å². The van der Waals surface area contributed by atoms with E-state index in [9.17, 15) is 0 Å². The molecule has 3 rings (SSSR count). The molecule has 0 aliphatic carbocycles. The van der Waals surface area contributed by atoms with Gasteiger partial charge in [-0.2, -0.15) is 0 Å². The van der Waals surface area contributed by atoms with Crippen molar-refractivity contribution in [3.05, 3.63) is 61.3 Å². The highest BCUT2D eigenvalue weighted by atomic mass is 35.5. The smallest absolute Gasteiger partial charge is 0.244 e. The molecule has 2 heterocycles. The van der Waals surface area contributed by atoms with Gasteiger partial charge in [-0.25, -0.2) is 9.13 Å². The van der Waals surface area contributed by atoms with Crippen molar-refractivity contribution < 1.29 is 17.0 Å². The largest absolute Gasteiger partial charge is 1.00 e. The van der Waals surface area contributed by atoms with Gasteiger partial charge in [0.2, 0.25) is 6.33 Å². The quantitative estimate of drug-likeness (QED) is 0.566. The Morgan fingerprint density at radius 1 is 0.917 bits per heavy atom. The zero-order valence-corrected chi connectivity index (χ0v) is 16.2. The van der Waals surface area contributed by atoms with Crippen LogP contribution in [0.15, 0.2) is 61.3 Å². The van der Waals surface area contributed by atoms with Crippen molar-refractivity contribution >= 4 is 10.9 Å². The number of para-hydroxylation sites is 1. The molecule has 4 heteroatoms. The van der Waals surface area contributed by atoms with E-state index in [1.807, 2.05) is 30.5 Å². The first kappa shape index (κ1) is 20.2. The van der Waals surface area contributed by atoms with Crippen molar-refractivity contribution in [2.75, 3.05) is 0 Å². The van der Waals surface area contributed by atoms with Gasteiger partial charge in [0.1, 0.15) is 23.5 Å². The lowest BCUT2D eigenvalue weighted by molar-refractivity contribution is -0.753. The molecule has 2 aromatic heterocycles. The summed E-state index contributed by atoms with van der Waals surface area (Å²) in [5.74, 6) is 0. The summed E-state index contributed by atoms with van der Waals surface area (Å²) in [5, 5.41) is 1.20. The fraction of sp³-hybridized carbons (Fsp3) is 0.400. The second-order valence-electron chi connectivity index (χ2n) is 7.77. The Hall–Kier alpha value is -1.87. The van der Waals surface area contributed by atoms with Crippen molar-refractivity contribution in [1.29, 1.82) is 0 Å². The maximum atomic E-state index is 4.18. The van der Waals surface area contributed by atoms with E-state index in [-0.39, 0.29) is 23.5 Å². The molecule has 0 fully saturated rings. The van der Waals surface area contributed by atoms with Crippen molar-refractivity contribution in [1.82, 2.24) is 9.55 Å². The fourth-order valence-corrected chi connectivity index (χ4v) is 2.16. The predicted molar refractivity (Wildman–Crippen MR) is 96.4 cm³/mol. The molecule has 0 spiro atoms. The van der Waals surface area contributed by atoms with Crippen molar-refractivity contribution in [2.45, 2.75) is 52.6 Å². The van der Waals surface area contributed by atoms with E-state index in [0.29, 0.717) is 0 Å². The third kappa shape index (κ3) is 5.34. The van der Waals surface area contributed by atoms with Crippen LogP contribution in [0.4, 0.5) is 0 Å². The van der Waals surface area contributed by atoms with E-state index in [1.165, 1.54) is 5.39 Å². The molecule has 3 nitrogen and oxygen atoms in total. The molecule has 0 aliphatic rings. The van der Waals surface area contributed by atoms with Gasteiger partial charge in [0.05, 0.1) is 5.52 Å². The number of halogens is 1. The van der Waals surface area contributed by atoms with E-state index < -0.39 is 0 Å². The number of pyridine rings is 1. The van der Waals surface area contributed by atoms with Gasteiger partial charge in [-0.3, -0.25) is 4.98 Å². The molecule has 0 saturated carbocycles. The summed E-state index contributed by atoms with van der Waals surface area (Å²) in [6, 6.07) is 12.1. The number of aromatic nitrogens is 3. The minimum atomic E-state index is 0. The molecule has 0 unspecified atom stereocenters. The van der Waals surface area contributed by atoms with Gasteiger partial charge in [0.15, 0.2) is 0 Å². The molecular formula is C20H28ClN3. The second kappa shape index (κ2) is 7.80. The molecule has 0 amide bonds. The molecule has 1 aromatic carbocycles. The first-order chi connectivity index (χ1) is 10.7. The number of rotatable bonds is 0. The summed E-state index contributed by atoms with van der Waals surface area (Å²) in [5.41, 5.74) is 1.41. The Kier molecular flexibility index (Phi) is 6.56. The normalized spacial score (nSPS) is 11.4. The van der Waals surface area contributed by atoms with Crippen LogP contribution >= 0.6 is 0 Å². The van der Waals surface area contributed by atoms with Crippen LogP contribution in [0.2, 0.25) is 0 Å². The number of hydrogen-bond donors (Lipinski definition) is 0. The highest BCUT2D eigenvalue weighted by Crippen LogP contribution is 2.13. The summed E-state index contributed by atoms with van der Waals surface area (Å²) < 4.78 is 4.47. The number of fused-ring (bicyclic) bond motifs is 1. The van der Waals surface area contributed by atoms with Crippen LogP contribution in [0, 0.1) is 0 Å². The summed E-state index contributed by atoms with van der Waals surface area (Å²) in [6.45, 7) is 13.3. The van der Waals surface area contributed by atoms with Crippen molar-refractivity contribution in [2.24, 2.45) is 0 Å². The van der Waals surface area contributed by atoms with Gasteiger partial charge < -0.3 is 12.4 Å². The van der Waals surface area contributed by atoms with Crippen molar-refractivity contribution in [3.63, 3.8) is 0 Å². The Bertz CT molecular complexity index is 670. The Morgan fingerprint density at radius 2 is 1.54 bits per heavy atom. The lowest BCUT2D eigenvalue weighted by Crippen LogP contribution is -3.00. The maximum absolute atomic E-state index is 4.18. The highest BCUT2D eigenvalue weighted by molar-refractivity contribution is 5.77. The first-order valence-electron chi connectivity index (χ1n) is 8.08. The highest BCUT2D eigenvalue weighted by Gasteiger charge is 2.24. The van der Waals surface area contributed by atoms with E-state index in [2.05, 4.69) is 86.5 Å².